The number of anilines is 2. The molecule has 1 heterocycles. The van der Waals surface area contributed by atoms with Crippen molar-refractivity contribution < 1.29 is 9.18 Å². The van der Waals surface area contributed by atoms with E-state index in [0.717, 1.165) is 13.0 Å². The Balaban J connectivity index is 1.93. The standard InChI is InChI=1S/C15H22FN3O/c1-10-4-3-7-19(11(10)2)9-15(20)18-12-5-6-13(16)14(17)8-12/h5-6,8,10-11H,3-4,7,9,17H2,1-2H3,(H,18,20). The molecule has 0 aromatic heterocycles. The van der Waals surface area contributed by atoms with Gasteiger partial charge in [-0.3, -0.25) is 9.69 Å². The van der Waals surface area contributed by atoms with Crippen molar-refractivity contribution in [2.75, 3.05) is 24.1 Å². The summed E-state index contributed by atoms with van der Waals surface area (Å²) in [5, 5.41) is 2.77. The summed E-state index contributed by atoms with van der Waals surface area (Å²) in [5.74, 6) is 0.0523. The highest BCUT2D eigenvalue weighted by molar-refractivity contribution is 5.92. The molecule has 1 amide bonds. The average Bonchev–Trinajstić information content (AvgIpc) is 2.39. The van der Waals surface area contributed by atoms with E-state index in [-0.39, 0.29) is 11.6 Å². The second kappa shape index (κ2) is 6.22. The van der Waals surface area contributed by atoms with Crippen LogP contribution in [0.4, 0.5) is 15.8 Å². The lowest BCUT2D eigenvalue weighted by Crippen LogP contribution is -2.46. The van der Waals surface area contributed by atoms with Gasteiger partial charge in [0, 0.05) is 11.7 Å². The smallest absolute Gasteiger partial charge is 0.238 e. The molecule has 1 aliphatic heterocycles. The molecule has 0 spiro atoms. The normalized spacial score (nSPS) is 23.6. The fourth-order valence-electron chi connectivity index (χ4n) is 2.65. The summed E-state index contributed by atoms with van der Waals surface area (Å²) >= 11 is 0. The van der Waals surface area contributed by atoms with Gasteiger partial charge in [0.2, 0.25) is 5.91 Å². The number of nitrogens with one attached hydrogen (secondary N) is 1. The van der Waals surface area contributed by atoms with Crippen molar-refractivity contribution in [2.45, 2.75) is 32.7 Å². The van der Waals surface area contributed by atoms with Crippen molar-refractivity contribution in [1.29, 1.82) is 0 Å². The quantitative estimate of drug-likeness (QED) is 0.836. The second-order valence-corrected chi connectivity index (χ2v) is 5.62. The van der Waals surface area contributed by atoms with E-state index in [0.29, 0.717) is 24.2 Å². The van der Waals surface area contributed by atoms with Crippen molar-refractivity contribution in [3.63, 3.8) is 0 Å². The van der Waals surface area contributed by atoms with Gasteiger partial charge in [0.1, 0.15) is 5.82 Å². The van der Waals surface area contributed by atoms with Gasteiger partial charge in [-0.2, -0.15) is 0 Å². The Morgan fingerprint density at radius 1 is 1.50 bits per heavy atom. The van der Waals surface area contributed by atoms with Crippen LogP contribution in [0.2, 0.25) is 0 Å². The largest absolute Gasteiger partial charge is 0.396 e. The van der Waals surface area contributed by atoms with Crippen LogP contribution in [0, 0.1) is 11.7 Å². The van der Waals surface area contributed by atoms with E-state index in [2.05, 4.69) is 24.1 Å². The summed E-state index contributed by atoms with van der Waals surface area (Å²) in [7, 11) is 0. The summed E-state index contributed by atoms with van der Waals surface area (Å²) in [6.45, 7) is 5.69. The molecule has 1 fully saturated rings. The number of likely N-dealkylation sites (tertiary alicyclic amines) is 1. The fourth-order valence-corrected chi connectivity index (χ4v) is 2.65. The molecule has 2 atom stereocenters. The number of nitrogens with two attached hydrogens (primary N) is 1. The zero-order valence-electron chi connectivity index (χ0n) is 12.0. The number of benzene rings is 1. The van der Waals surface area contributed by atoms with E-state index in [1.807, 2.05) is 0 Å². The monoisotopic (exact) mass is 279 g/mol. The lowest BCUT2D eigenvalue weighted by atomic mass is 9.92. The third-order valence-electron chi connectivity index (χ3n) is 4.13. The van der Waals surface area contributed by atoms with Crippen LogP contribution in [0.1, 0.15) is 26.7 Å². The minimum Gasteiger partial charge on any atom is -0.396 e. The number of carbonyl (C=O) groups is 1. The Kier molecular flexibility index (Phi) is 4.60. The Bertz CT molecular complexity index is 492. The summed E-state index contributed by atoms with van der Waals surface area (Å²) in [6.07, 6.45) is 2.34. The minimum absolute atomic E-state index is 0.0442. The molecule has 0 saturated carbocycles. The Morgan fingerprint density at radius 3 is 2.95 bits per heavy atom. The van der Waals surface area contributed by atoms with E-state index in [1.54, 1.807) is 0 Å². The van der Waals surface area contributed by atoms with Crippen LogP contribution >= 0.6 is 0 Å². The number of piperidine rings is 1. The van der Waals surface area contributed by atoms with E-state index >= 15 is 0 Å². The number of amides is 1. The SMILES string of the molecule is CC1CCCN(CC(=O)Nc2ccc(F)c(N)c2)C1C. The zero-order chi connectivity index (χ0) is 14.7. The molecule has 1 aromatic carbocycles. The number of carbonyl (C=O) groups excluding carboxylic acids is 1. The van der Waals surface area contributed by atoms with Crippen LogP contribution in [0.15, 0.2) is 18.2 Å². The predicted octanol–water partition coefficient (Wildman–Crippen LogP) is 2.47. The maximum Gasteiger partial charge on any atom is 0.238 e. The molecule has 0 radical (unpaired) electrons. The number of hydrogen-bond donors (Lipinski definition) is 2. The number of halogens is 1. The molecule has 0 aliphatic carbocycles. The Morgan fingerprint density at radius 2 is 2.25 bits per heavy atom. The van der Waals surface area contributed by atoms with Crippen molar-refractivity contribution in [1.82, 2.24) is 4.90 Å². The van der Waals surface area contributed by atoms with E-state index in [9.17, 15) is 9.18 Å². The van der Waals surface area contributed by atoms with Gasteiger partial charge in [-0.05, 0) is 50.4 Å². The van der Waals surface area contributed by atoms with Crippen molar-refractivity contribution >= 4 is 17.3 Å². The molecule has 1 aromatic rings. The summed E-state index contributed by atoms with van der Waals surface area (Å²) in [5.41, 5.74) is 6.06. The molecule has 1 aliphatic rings. The maximum absolute atomic E-state index is 13.1. The van der Waals surface area contributed by atoms with Gasteiger partial charge >= 0.3 is 0 Å². The minimum atomic E-state index is -0.471. The first-order chi connectivity index (χ1) is 9.47. The first-order valence-corrected chi connectivity index (χ1v) is 7.06. The number of rotatable bonds is 3. The highest BCUT2D eigenvalue weighted by Crippen LogP contribution is 2.22. The van der Waals surface area contributed by atoms with Crippen LogP contribution in [0.3, 0.4) is 0 Å². The molecule has 1 saturated heterocycles. The molecule has 2 rings (SSSR count). The third kappa shape index (κ3) is 3.48. The topological polar surface area (TPSA) is 58.4 Å². The van der Waals surface area contributed by atoms with Crippen LogP contribution in [-0.2, 0) is 4.79 Å². The summed E-state index contributed by atoms with van der Waals surface area (Å²) in [6, 6.07) is 4.63. The molecule has 5 heteroatoms. The van der Waals surface area contributed by atoms with Gasteiger partial charge in [0.05, 0.1) is 12.2 Å². The number of hydrogen-bond acceptors (Lipinski definition) is 3. The molecule has 3 N–H and O–H groups in total. The highest BCUT2D eigenvalue weighted by Gasteiger charge is 2.25. The first-order valence-electron chi connectivity index (χ1n) is 7.06. The molecular weight excluding hydrogens is 257 g/mol. The van der Waals surface area contributed by atoms with Crippen LogP contribution in [0.5, 0.6) is 0 Å². The van der Waals surface area contributed by atoms with Gasteiger partial charge in [-0.25, -0.2) is 4.39 Å². The van der Waals surface area contributed by atoms with Crippen LogP contribution in [-0.4, -0.2) is 29.9 Å². The van der Waals surface area contributed by atoms with Gasteiger partial charge in [-0.1, -0.05) is 6.92 Å². The second-order valence-electron chi connectivity index (χ2n) is 5.62. The highest BCUT2D eigenvalue weighted by atomic mass is 19.1. The van der Waals surface area contributed by atoms with Crippen LogP contribution < -0.4 is 11.1 Å². The number of nitrogen functional groups attached to an aromatic ring is 1. The molecular formula is C15H22FN3O. The molecule has 110 valence electrons. The third-order valence-corrected chi connectivity index (χ3v) is 4.13. The molecule has 2 unspecified atom stereocenters. The van der Waals surface area contributed by atoms with Crippen molar-refractivity contribution in [3.8, 4) is 0 Å². The molecule has 0 bridgehead atoms. The average molecular weight is 279 g/mol. The first kappa shape index (κ1) is 14.8. The number of nitrogens with zero attached hydrogens (tertiary/aromatic N) is 1. The lowest BCUT2D eigenvalue weighted by molar-refractivity contribution is -0.118. The van der Waals surface area contributed by atoms with Crippen LogP contribution in [0.25, 0.3) is 0 Å². The van der Waals surface area contributed by atoms with Gasteiger partial charge in [0.25, 0.3) is 0 Å². The predicted molar refractivity (Wildman–Crippen MR) is 78.9 cm³/mol. The lowest BCUT2D eigenvalue weighted by Gasteiger charge is -2.37. The van der Waals surface area contributed by atoms with E-state index in [1.165, 1.54) is 24.6 Å². The maximum atomic E-state index is 13.1. The Labute approximate surface area is 119 Å². The van der Waals surface area contributed by atoms with Crippen molar-refractivity contribution in [3.05, 3.63) is 24.0 Å². The Hall–Kier alpha value is -1.62. The van der Waals surface area contributed by atoms with E-state index < -0.39 is 5.82 Å². The summed E-state index contributed by atoms with van der Waals surface area (Å²) < 4.78 is 13.1. The van der Waals surface area contributed by atoms with Gasteiger partial charge < -0.3 is 11.1 Å². The van der Waals surface area contributed by atoms with Gasteiger partial charge in [-0.15, -0.1) is 0 Å². The fraction of sp³-hybridized carbons (Fsp3) is 0.533. The van der Waals surface area contributed by atoms with Crippen molar-refractivity contribution in [2.24, 2.45) is 5.92 Å². The zero-order valence-corrected chi connectivity index (χ0v) is 12.0. The van der Waals surface area contributed by atoms with E-state index in [4.69, 9.17) is 5.73 Å². The van der Waals surface area contributed by atoms with Gasteiger partial charge in [0.15, 0.2) is 0 Å². The molecule has 4 nitrogen and oxygen atoms in total. The summed E-state index contributed by atoms with van der Waals surface area (Å²) in [4.78, 5) is 14.2. The molecule has 20 heavy (non-hydrogen) atoms.